The molecule has 3 aromatic rings. The second-order valence-electron chi connectivity index (χ2n) is 7.35. The monoisotopic (exact) mass is 474 g/mol. The third-order valence-corrected chi connectivity index (χ3v) is 5.11. The number of carbonyl (C=O) groups excluding carboxylic acids is 4. The topological polar surface area (TPSA) is 115 Å². The van der Waals surface area contributed by atoms with Crippen molar-refractivity contribution in [3.8, 4) is 17.1 Å². The molecular formula is C26H22N2O7. The summed E-state index contributed by atoms with van der Waals surface area (Å²) in [5.41, 5.74) is 0.818. The van der Waals surface area contributed by atoms with Crippen molar-refractivity contribution in [3.63, 3.8) is 0 Å². The van der Waals surface area contributed by atoms with Gasteiger partial charge in [-0.1, -0.05) is 18.2 Å². The van der Waals surface area contributed by atoms with Crippen LogP contribution in [-0.4, -0.2) is 37.0 Å². The van der Waals surface area contributed by atoms with Gasteiger partial charge in [-0.15, -0.1) is 0 Å². The van der Waals surface area contributed by atoms with E-state index >= 15 is 0 Å². The van der Waals surface area contributed by atoms with Crippen LogP contribution >= 0.6 is 0 Å². The Labute approximate surface area is 200 Å². The van der Waals surface area contributed by atoms with Crippen LogP contribution in [0.3, 0.4) is 0 Å². The number of imide groups is 2. The fraction of sp³-hybridized carbons (Fsp3) is 0.154. The molecule has 9 nitrogen and oxygen atoms in total. The van der Waals surface area contributed by atoms with Gasteiger partial charge in [-0.2, -0.15) is 0 Å². The van der Waals surface area contributed by atoms with Gasteiger partial charge < -0.3 is 13.9 Å². The summed E-state index contributed by atoms with van der Waals surface area (Å²) >= 11 is 0. The number of anilines is 1. The van der Waals surface area contributed by atoms with Crippen LogP contribution in [0, 0.1) is 0 Å². The summed E-state index contributed by atoms with van der Waals surface area (Å²) < 4.78 is 16.3. The van der Waals surface area contributed by atoms with Gasteiger partial charge in [0.05, 0.1) is 24.5 Å². The molecule has 0 saturated carbocycles. The van der Waals surface area contributed by atoms with E-state index in [0.29, 0.717) is 29.2 Å². The predicted octanol–water partition coefficient (Wildman–Crippen LogP) is 4.19. The Bertz CT molecular complexity index is 1320. The van der Waals surface area contributed by atoms with Crippen LogP contribution in [0.25, 0.3) is 17.4 Å². The molecule has 0 atom stereocenters. The van der Waals surface area contributed by atoms with Gasteiger partial charge in [0.15, 0.2) is 0 Å². The highest BCUT2D eigenvalue weighted by molar-refractivity contribution is 6.39. The van der Waals surface area contributed by atoms with Crippen LogP contribution in [0.5, 0.6) is 5.75 Å². The third kappa shape index (κ3) is 4.84. The van der Waals surface area contributed by atoms with E-state index in [2.05, 4.69) is 5.32 Å². The quantitative estimate of drug-likeness (QED) is 0.310. The van der Waals surface area contributed by atoms with E-state index in [0.717, 1.165) is 4.90 Å². The van der Waals surface area contributed by atoms with Crippen molar-refractivity contribution in [2.45, 2.75) is 13.8 Å². The van der Waals surface area contributed by atoms with Crippen molar-refractivity contribution in [3.05, 3.63) is 77.6 Å². The van der Waals surface area contributed by atoms with E-state index < -0.39 is 23.8 Å². The average molecular weight is 474 g/mol. The van der Waals surface area contributed by atoms with E-state index in [1.807, 2.05) is 6.92 Å². The first kappa shape index (κ1) is 23.5. The highest BCUT2D eigenvalue weighted by Crippen LogP contribution is 2.29. The molecule has 178 valence electrons. The summed E-state index contributed by atoms with van der Waals surface area (Å²) in [6.07, 6.45) is 1.25. The molecule has 35 heavy (non-hydrogen) atoms. The Morgan fingerprint density at radius 2 is 1.71 bits per heavy atom. The number of carbonyl (C=O) groups is 4. The zero-order chi connectivity index (χ0) is 24.9. The number of ether oxygens (including phenoxy) is 2. The van der Waals surface area contributed by atoms with Crippen molar-refractivity contribution in [1.82, 2.24) is 5.32 Å². The molecule has 0 radical (unpaired) electrons. The third-order valence-electron chi connectivity index (χ3n) is 5.11. The molecule has 1 aliphatic rings. The highest BCUT2D eigenvalue weighted by Gasteiger charge is 2.37. The number of barbiturate groups is 1. The van der Waals surface area contributed by atoms with Gasteiger partial charge in [-0.3, -0.25) is 14.9 Å². The molecule has 1 fully saturated rings. The van der Waals surface area contributed by atoms with Crippen molar-refractivity contribution in [1.29, 1.82) is 0 Å². The number of esters is 1. The zero-order valence-electron chi connectivity index (χ0n) is 19.1. The summed E-state index contributed by atoms with van der Waals surface area (Å²) in [4.78, 5) is 51.1. The second-order valence-corrected chi connectivity index (χ2v) is 7.35. The fourth-order valence-electron chi connectivity index (χ4n) is 3.55. The minimum absolute atomic E-state index is 0.193. The summed E-state index contributed by atoms with van der Waals surface area (Å²) in [6, 6.07) is 15.4. The molecule has 1 N–H and O–H groups in total. The minimum atomic E-state index is -0.857. The normalized spacial score (nSPS) is 14.7. The number of rotatable bonds is 7. The molecular weight excluding hydrogens is 452 g/mol. The van der Waals surface area contributed by atoms with Crippen LogP contribution < -0.4 is 15.0 Å². The average Bonchev–Trinajstić information content (AvgIpc) is 3.32. The molecule has 0 unspecified atom stereocenters. The lowest BCUT2D eigenvalue weighted by atomic mass is 10.1. The first-order chi connectivity index (χ1) is 16.9. The van der Waals surface area contributed by atoms with E-state index in [9.17, 15) is 19.2 Å². The van der Waals surface area contributed by atoms with Crippen molar-refractivity contribution >= 4 is 35.6 Å². The Morgan fingerprint density at radius 3 is 2.43 bits per heavy atom. The molecule has 4 rings (SSSR count). The summed E-state index contributed by atoms with van der Waals surface area (Å²) in [6.45, 7) is 4.25. The smallest absolute Gasteiger partial charge is 0.338 e. The maximum absolute atomic E-state index is 13.1. The molecule has 2 heterocycles. The minimum Gasteiger partial charge on any atom is -0.494 e. The fourth-order valence-corrected chi connectivity index (χ4v) is 3.55. The van der Waals surface area contributed by atoms with Gasteiger partial charge in [0.1, 0.15) is 22.8 Å². The Balaban J connectivity index is 1.64. The molecule has 9 heteroatoms. The van der Waals surface area contributed by atoms with Crippen molar-refractivity contribution in [2.24, 2.45) is 0 Å². The summed E-state index contributed by atoms with van der Waals surface area (Å²) in [5, 5.41) is 2.17. The molecule has 2 aromatic carbocycles. The van der Waals surface area contributed by atoms with Gasteiger partial charge in [0.2, 0.25) is 0 Å². The van der Waals surface area contributed by atoms with Gasteiger partial charge in [0.25, 0.3) is 11.8 Å². The highest BCUT2D eigenvalue weighted by atomic mass is 16.5. The summed E-state index contributed by atoms with van der Waals surface area (Å²) in [5.74, 6) is -1.01. The number of urea groups is 1. The number of nitrogens with zero attached hydrogens (tertiary/aromatic N) is 1. The Morgan fingerprint density at radius 1 is 0.971 bits per heavy atom. The number of nitrogens with one attached hydrogen (secondary N) is 1. The lowest BCUT2D eigenvalue weighted by molar-refractivity contribution is -0.122. The molecule has 1 saturated heterocycles. The van der Waals surface area contributed by atoms with E-state index in [1.165, 1.54) is 6.08 Å². The standard InChI is InChI=1S/C26H22N2O7/c1-3-33-17-11-9-16(10-12-17)28-24(30)21(23(29)27-26(28)32)15-18-13-14-22(35-18)19-7-5-6-8-20(19)25(31)34-4-2/h5-15H,3-4H2,1-2H3,(H,27,29,32). The maximum Gasteiger partial charge on any atom is 0.338 e. The van der Waals surface area contributed by atoms with Crippen LogP contribution in [0.1, 0.15) is 30.0 Å². The van der Waals surface area contributed by atoms with Crippen LogP contribution in [0.2, 0.25) is 0 Å². The first-order valence-corrected chi connectivity index (χ1v) is 10.9. The van der Waals surface area contributed by atoms with E-state index in [-0.39, 0.29) is 23.6 Å². The van der Waals surface area contributed by atoms with Crippen LogP contribution in [-0.2, 0) is 14.3 Å². The van der Waals surface area contributed by atoms with Crippen molar-refractivity contribution < 1.29 is 33.1 Å². The van der Waals surface area contributed by atoms with Gasteiger partial charge in [-0.05, 0) is 62.4 Å². The Kier molecular flexibility index (Phi) is 6.77. The summed E-state index contributed by atoms with van der Waals surface area (Å²) in [7, 11) is 0. The molecule has 1 aliphatic heterocycles. The second kappa shape index (κ2) is 10.1. The first-order valence-electron chi connectivity index (χ1n) is 10.9. The zero-order valence-corrected chi connectivity index (χ0v) is 19.1. The predicted molar refractivity (Wildman–Crippen MR) is 127 cm³/mol. The largest absolute Gasteiger partial charge is 0.494 e. The van der Waals surface area contributed by atoms with Crippen molar-refractivity contribution in [2.75, 3.05) is 18.1 Å². The molecule has 1 aromatic heterocycles. The van der Waals surface area contributed by atoms with Gasteiger partial charge in [0, 0.05) is 5.56 Å². The number of furan rings is 1. The lowest BCUT2D eigenvalue weighted by Gasteiger charge is -2.26. The van der Waals surface area contributed by atoms with Gasteiger partial charge in [-0.25, -0.2) is 14.5 Å². The molecule has 4 amide bonds. The number of hydrogen-bond acceptors (Lipinski definition) is 7. The molecule has 0 spiro atoms. The van der Waals surface area contributed by atoms with Gasteiger partial charge >= 0.3 is 12.0 Å². The number of amides is 4. The molecule has 0 aliphatic carbocycles. The number of benzene rings is 2. The molecule has 0 bridgehead atoms. The SMILES string of the molecule is CCOC(=O)c1ccccc1-c1ccc(C=C2C(=O)NC(=O)N(c3ccc(OCC)cc3)C2=O)o1. The lowest BCUT2D eigenvalue weighted by Crippen LogP contribution is -2.54. The van der Waals surface area contributed by atoms with E-state index in [1.54, 1.807) is 67.6 Å². The van der Waals surface area contributed by atoms with E-state index in [4.69, 9.17) is 13.9 Å². The number of hydrogen-bond donors (Lipinski definition) is 1. The van der Waals surface area contributed by atoms with Crippen LogP contribution in [0.4, 0.5) is 10.5 Å². The van der Waals surface area contributed by atoms with Crippen LogP contribution in [0.15, 0.2) is 70.7 Å². The maximum atomic E-state index is 13.1. The Hall–Kier alpha value is -4.66.